The lowest BCUT2D eigenvalue weighted by molar-refractivity contribution is -0.118. The molecule has 0 radical (unpaired) electrons. The van der Waals surface area contributed by atoms with Crippen molar-refractivity contribution in [3.05, 3.63) is 35.4 Å². The highest BCUT2D eigenvalue weighted by atomic mass is 32.2. The van der Waals surface area contributed by atoms with Crippen molar-refractivity contribution in [3.63, 3.8) is 0 Å². The van der Waals surface area contributed by atoms with E-state index in [1.807, 2.05) is 0 Å². The zero-order valence-electron chi connectivity index (χ0n) is 10.2. The molecule has 0 aliphatic carbocycles. The summed E-state index contributed by atoms with van der Waals surface area (Å²) in [5.41, 5.74) is -3.47. The number of thioether (sulfide) groups is 1. The van der Waals surface area contributed by atoms with Gasteiger partial charge < -0.3 is 10.4 Å². The molecule has 1 rings (SSSR count). The van der Waals surface area contributed by atoms with E-state index in [4.69, 9.17) is 5.11 Å². The summed E-state index contributed by atoms with van der Waals surface area (Å²) < 4.78 is 35.5. The second kappa shape index (κ2) is 7.18. The molecule has 1 amide bonds. The Hall–Kier alpha value is -1.70. The van der Waals surface area contributed by atoms with Gasteiger partial charge in [-0.05, 0) is 35.9 Å². The first kappa shape index (κ1) is 16.4. The van der Waals surface area contributed by atoms with Crippen LogP contribution in [0.1, 0.15) is 15.9 Å². The largest absolute Gasteiger partial charge is 0.478 e. The molecule has 8 heteroatoms. The quantitative estimate of drug-likeness (QED) is 0.846. The molecular formula is C12H12F3NO3S. The molecule has 0 aromatic heterocycles. The Labute approximate surface area is 117 Å². The van der Waals surface area contributed by atoms with E-state index in [1.165, 1.54) is 12.1 Å². The van der Waals surface area contributed by atoms with Crippen molar-refractivity contribution < 1.29 is 27.9 Å². The summed E-state index contributed by atoms with van der Waals surface area (Å²) in [7, 11) is 0. The molecule has 0 saturated carbocycles. The zero-order chi connectivity index (χ0) is 15.2. The minimum atomic E-state index is -4.41. The number of hydrogen-bond donors (Lipinski definition) is 2. The van der Waals surface area contributed by atoms with E-state index in [9.17, 15) is 22.8 Å². The van der Waals surface area contributed by atoms with E-state index in [0.717, 1.165) is 5.56 Å². The number of rotatable bonds is 6. The van der Waals surface area contributed by atoms with Crippen molar-refractivity contribution in [2.75, 3.05) is 12.3 Å². The lowest BCUT2D eigenvalue weighted by Crippen LogP contribution is -2.28. The molecule has 1 aromatic rings. The fraction of sp³-hybridized carbons (Fsp3) is 0.333. The van der Waals surface area contributed by atoms with Gasteiger partial charge in [-0.25, -0.2) is 4.79 Å². The molecule has 0 saturated heterocycles. The van der Waals surface area contributed by atoms with Crippen LogP contribution in [0.2, 0.25) is 0 Å². The Morgan fingerprint density at radius 1 is 1.20 bits per heavy atom. The average Bonchev–Trinajstić information content (AvgIpc) is 2.36. The monoisotopic (exact) mass is 307 g/mol. The Bertz CT molecular complexity index is 474. The van der Waals surface area contributed by atoms with Crippen LogP contribution in [0.3, 0.4) is 0 Å². The molecule has 0 heterocycles. The smallest absolute Gasteiger partial charge is 0.442 e. The van der Waals surface area contributed by atoms with Crippen LogP contribution in [-0.2, 0) is 11.2 Å². The van der Waals surface area contributed by atoms with Crippen LogP contribution in [0.5, 0.6) is 0 Å². The van der Waals surface area contributed by atoms with Crippen LogP contribution in [0.25, 0.3) is 0 Å². The molecule has 0 bridgehead atoms. The third-order valence-corrected chi connectivity index (χ3v) is 3.04. The molecule has 0 aliphatic rings. The highest BCUT2D eigenvalue weighted by Crippen LogP contribution is 2.29. The van der Waals surface area contributed by atoms with E-state index >= 15 is 0 Å². The van der Waals surface area contributed by atoms with Crippen molar-refractivity contribution >= 4 is 23.6 Å². The van der Waals surface area contributed by atoms with Crippen molar-refractivity contribution in [2.45, 2.75) is 11.9 Å². The molecule has 1 aromatic carbocycles. The molecule has 4 nitrogen and oxygen atoms in total. The number of nitrogens with one attached hydrogen (secondary N) is 1. The molecular weight excluding hydrogens is 295 g/mol. The molecule has 2 N–H and O–H groups in total. The van der Waals surface area contributed by atoms with Crippen LogP contribution < -0.4 is 5.32 Å². The fourth-order valence-corrected chi connectivity index (χ4v) is 1.76. The lowest BCUT2D eigenvalue weighted by Gasteiger charge is -2.07. The van der Waals surface area contributed by atoms with Gasteiger partial charge >= 0.3 is 11.5 Å². The lowest BCUT2D eigenvalue weighted by atomic mass is 10.1. The number of amides is 1. The van der Waals surface area contributed by atoms with E-state index in [1.54, 1.807) is 12.1 Å². The third-order valence-electron chi connectivity index (χ3n) is 2.30. The van der Waals surface area contributed by atoms with Gasteiger partial charge in [0.1, 0.15) is 0 Å². The van der Waals surface area contributed by atoms with E-state index < -0.39 is 23.1 Å². The maximum absolute atomic E-state index is 11.8. The van der Waals surface area contributed by atoms with Gasteiger partial charge in [-0.3, -0.25) is 4.79 Å². The second-order valence-corrected chi connectivity index (χ2v) is 4.88. The van der Waals surface area contributed by atoms with Crippen LogP contribution in [0.4, 0.5) is 13.2 Å². The summed E-state index contributed by atoms with van der Waals surface area (Å²) in [5.74, 6) is -2.38. The van der Waals surface area contributed by atoms with Crippen LogP contribution >= 0.6 is 11.8 Å². The van der Waals surface area contributed by atoms with E-state index in [0.29, 0.717) is 6.42 Å². The van der Waals surface area contributed by atoms with Crippen molar-refractivity contribution in [3.8, 4) is 0 Å². The molecule has 0 fully saturated rings. The van der Waals surface area contributed by atoms with Crippen LogP contribution in [0.15, 0.2) is 24.3 Å². The second-order valence-electron chi connectivity index (χ2n) is 3.84. The molecule has 0 atom stereocenters. The normalized spacial score (nSPS) is 11.2. The van der Waals surface area contributed by atoms with Gasteiger partial charge in [0.2, 0.25) is 5.91 Å². The summed E-state index contributed by atoms with van der Waals surface area (Å²) in [6, 6.07) is 6.05. The Balaban J connectivity index is 2.30. The van der Waals surface area contributed by atoms with Gasteiger partial charge in [-0.1, -0.05) is 12.1 Å². The maximum Gasteiger partial charge on any atom is 0.442 e. The van der Waals surface area contributed by atoms with E-state index in [2.05, 4.69) is 5.32 Å². The van der Waals surface area contributed by atoms with Crippen LogP contribution in [-0.4, -0.2) is 34.8 Å². The number of benzene rings is 1. The standard InChI is InChI=1S/C12H12F3NO3S/c13-12(14,15)20-7-10(17)16-6-5-8-1-3-9(4-2-8)11(18)19/h1-4H,5-7H2,(H,16,17)(H,18,19). The first-order valence-electron chi connectivity index (χ1n) is 5.57. The van der Waals surface area contributed by atoms with E-state index in [-0.39, 0.29) is 23.9 Å². The average molecular weight is 307 g/mol. The number of carbonyl (C=O) groups excluding carboxylic acids is 1. The number of halogens is 3. The number of aromatic carboxylic acids is 1. The van der Waals surface area contributed by atoms with Crippen LogP contribution in [0, 0.1) is 0 Å². The Morgan fingerprint density at radius 2 is 1.80 bits per heavy atom. The third kappa shape index (κ3) is 6.46. The van der Waals surface area contributed by atoms with Gasteiger partial charge in [0, 0.05) is 6.54 Å². The Morgan fingerprint density at radius 3 is 2.30 bits per heavy atom. The van der Waals surface area contributed by atoms with Crippen molar-refractivity contribution in [2.24, 2.45) is 0 Å². The summed E-state index contributed by atoms with van der Waals surface area (Å²) in [5, 5.41) is 11.1. The van der Waals surface area contributed by atoms with Crippen molar-refractivity contribution in [1.82, 2.24) is 5.32 Å². The molecule has 0 aliphatic heterocycles. The highest BCUT2D eigenvalue weighted by molar-refractivity contribution is 8.00. The first-order valence-corrected chi connectivity index (χ1v) is 6.56. The maximum atomic E-state index is 11.8. The fourth-order valence-electron chi connectivity index (χ4n) is 1.36. The zero-order valence-corrected chi connectivity index (χ0v) is 11.1. The summed E-state index contributed by atoms with van der Waals surface area (Å²) >= 11 is -0.384. The molecule has 20 heavy (non-hydrogen) atoms. The summed E-state index contributed by atoms with van der Waals surface area (Å²) in [6.07, 6.45) is 0.419. The predicted molar refractivity (Wildman–Crippen MR) is 68.6 cm³/mol. The minimum absolute atomic E-state index is 0.152. The van der Waals surface area contributed by atoms with Gasteiger partial charge in [-0.15, -0.1) is 0 Å². The van der Waals surface area contributed by atoms with Gasteiger partial charge in [0.25, 0.3) is 0 Å². The minimum Gasteiger partial charge on any atom is -0.478 e. The molecule has 0 unspecified atom stereocenters. The first-order chi connectivity index (χ1) is 9.28. The topological polar surface area (TPSA) is 66.4 Å². The summed E-state index contributed by atoms with van der Waals surface area (Å²) in [6.45, 7) is 0.198. The highest BCUT2D eigenvalue weighted by Gasteiger charge is 2.29. The van der Waals surface area contributed by atoms with Crippen molar-refractivity contribution in [1.29, 1.82) is 0 Å². The Kier molecular flexibility index (Phi) is 5.87. The number of alkyl halides is 3. The number of hydrogen-bond acceptors (Lipinski definition) is 3. The SMILES string of the molecule is O=C(CSC(F)(F)F)NCCc1ccc(C(=O)O)cc1. The van der Waals surface area contributed by atoms with Gasteiger partial charge in [-0.2, -0.15) is 13.2 Å². The molecule has 0 spiro atoms. The van der Waals surface area contributed by atoms with Gasteiger partial charge in [0.15, 0.2) is 0 Å². The number of carboxylic acid groups (broad SMARTS) is 1. The van der Waals surface area contributed by atoms with Gasteiger partial charge in [0.05, 0.1) is 11.3 Å². The number of carbonyl (C=O) groups is 2. The summed E-state index contributed by atoms with van der Waals surface area (Å²) in [4.78, 5) is 21.7. The number of carboxylic acids is 1. The molecule has 110 valence electrons. The predicted octanol–water partition coefficient (Wildman–Crippen LogP) is 2.30.